The van der Waals surface area contributed by atoms with Gasteiger partial charge in [0, 0.05) is 50.0 Å². The summed E-state index contributed by atoms with van der Waals surface area (Å²) in [5, 5.41) is 2.73. The number of quaternary nitrogens is 1. The minimum atomic E-state index is -1.14. The standard InChI is InChI=1S/C30H35F2N7O5/c1-18-14-19(35-29(42)28-34-15-22(36(28)2)21-8-9-23(44-5)27(32)26(21)31)6-7-20(18)30(43)38-12-10-37(11-13-38)25(41)17-39(3,4)16-24(33)40/h6-9,14-15H,10-13,16-17H2,1-5H3,(H2-,33,35,40,42,43)/p+1. The second-order valence-electron chi connectivity index (χ2n) is 11.3. The van der Waals surface area contributed by atoms with Crippen molar-refractivity contribution >= 4 is 29.3 Å². The van der Waals surface area contributed by atoms with Crippen molar-refractivity contribution in [2.75, 3.05) is 65.8 Å². The van der Waals surface area contributed by atoms with Crippen molar-refractivity contribution in [2.24, 2.45) is 12.8 Å². The van der Waals surface area contributed by atoms with Gasteiger partial charge in [0.1, 0.15) is 0 Å². The number of nitrogens with zero attached hydrogens (tertiary/aromatic N) is 5. The fourth-order valence-corrected chi connectivity index (χ4v) is 5.20. The predicted octanol–water partition coefficient (Wildman–Crippen LogP) is 1.78. The van der Waals surface area contributed by atoms with Crippen LogP contribution in [0.2, 0.25) is 0 Å². The molecular weight excluding hydrogens is 576 g/mol. The molecule has 1 aliphatic heterocycles. The first kappa shape index (κ1) is 32.1. The molecule has 3 N–H and O–H groups in total. The quantitative estimate of drug-likeness (QED) is 0.353. The Hall–Kier alpha value is -4.85. The summed E-state index contributed by atoms with van der Waals surface area (Å²) in [5.41, 5.74) is 6.91. The fourth-order valence-electron chi connectivity index (χ4n) is 5.20. The number of nitrogens with two attached hydrogens (primary N) is 1. The van der Waals surface area contributed by atoms with Crippen molar-refractivity contribution in [3.05, 3.63) is 65.1 Å². The number of anilines is 1. The lowest BCUT2D eigenvalue weighted by Crippen LogP contribution is -2.56. The number of hydrogen-bond acceptors (Lipinski definition) is 6. The van der Waals surface area contributed by atoms with Crippen molar-refractivity contribution < 1.29 is 37.2 Å². The highest BCUT2D eigenvalue weighted by molar-refractivity contribution is 6.03. The van der Waals surface area contributed by atoms with Gasteiger partial charge < -0.3 is 34.6 Å². The monoisotopic (exact) mass is 612 g/mol. The molecule has 12 nitrogen and oxygen atoms in total. The molecular formula is C30H36F2N7O5+. The van der Waals surface area contributed by atoms with E-state index in [0.29, 0.717) is 43.0 Å². The van der Waals surface area contributed by atoms with Crippen LogP contribution < -0.4 is 15.8 Å². The Morgan fingerprint density at radius 3 is 2.27 bits per heavy atom. The summed E-state index contributed by atoms with van der Waals surface area (Å²) in [6.45, 7) is 3.37. The average Bonchev–Trinajstić information content (AvgIpc) is 3.34. The van der Waals surface area contributed by atoms with Crippen LogP contribution in [-0.4, -0.2) is 108 Å². The number of hydrogen-bond donors (Lipinski definition) is 2. The molecule has 0 saturated carbocycles. The molecule has 0 radical (unpaired) electrons. The van der Waals surface area contributed by atoms with Crippen molar-refractivity contribution in [1.29, 1.82) is 0 Å². The smallest absolute Gasteiger partial charge is 0.291 e. The highest BCUT2D eigenvalue weighted by Crippen LogP contribution is 2.30. The molecule has 4 amide bonds. The van der Waals surface area contributed by atoms with Crippen molar-refractivity contribution in [2.45, 2.75) is 6.92 Å². The second kappa shape index (κ2) is 12.8. The summed E-state index contributed by atoms with van der Waals surface area (Å²) in [6.07, 6.45) is 1.28. The maximum Gasteiger partial charge on any atom is 0.291 e. The minimum Gasteiger partial charge on any atom is -0.494 e. The first-order chi connectivity index (χ1) is 20.7. The summed E-state index contributed by atoms with van der Waals surface area (Å²) in [6, 6.07) is 7.51. The van der Waals surface area contributed by atoms with Crippen LogP contribution >= 0.6 is 0 Å². The van der Waals surface area contributed by atoms with Crippen LogP contribution in [0.15, 0.2) is 36.5 Å². The minimum absolute atomic E-state index is 0.0299. The van der Waals surface area contributed by atoms with Gasteiger partial charge in [-0.1, -0.05) is 0 Å². The Morgan fingerprint density at radius 2 is 1.66 bits per heavy atom. The summed E-state index contributed by atoms with van der Waals surface area (Å²) in [7, 11) is 6.27. The lowest BCUT2D eigenvalue weighted by atomic mass is 10.1. The topological polar surface area (TPSA) is 140 Å². The maximum absolute atomic E-state index is 14.6. The van der Waals surface area contributed by atoms with Crippen LogP contribution in [0, 0.1) is 18.6 Å². The summed E-state index contributed by atoms with van der Waals surface area (Å²) in [5.74, 6) is -3.89. The molecule has 4 rings (SSSR count). The molecule has 1 saturated heterocycles. The van der Waals surface area contributed by atoms with Crippen molar-refractivity contribution in [1.82, 2.24) is 19.4 Å². The number of benzene rings is 2. The molecule has 14 heteroatoms. The Kier molecular flexibility index (Phi) is 9.33. The number of aromatic nitrogens is 2. The van der Waals surface area contributed by atoms with Gasteiger partial charge in [0.25, 0.3) is 23.6 Å². The third-order valence-corrected chi connectivity index (χ3v) is 7.52. The van der Waals surface area contributed by atoms with Crippen LogP contribution in [0.1, 0.15) is 26.5 Å². The van der Waals surface area contributed by atoms with Crippen LogP contribution in [0.25, 0.3) is 11.3 Å². The van der Waals surface area contributed by atoms with Gasteiger partial charge >= 0.3 is 0 Å². The molecule has 0 bridgehead atoms. The molecule has 234 valence electrons. The number of aryl methyl sites for hydroxylation is 1. The molecule has 3 aromatic rings. The highest BCUT2D eigenvalue weighted by Gasteiger charge is 2.30. The van der Waals surface area contributed by atoms with E-state index < -0.39 is 23.4 Å². The first-order valence-corrected chi connectivity index (χ1v) is 13.9. The molecule has 1 aliphatic rings. The van der Waals surface area contributed by atoms with E-state index in [2.05, 4.69) is 10.3 Å². The van der Waals surface area contributed by atoms with Gasteiger partial charge in [-0.25, -0.2) is 9.37 Å². The van der Waals surface area contributed by atoms with Crippen LogP contribution in [0.5, 0.6) is 5.75 Å². The number of piperazine rings is 1. The fraction of sp³-hybridized carbons (Fsp3) is 0.367. The summed E-state index contributed by atoms with van der Waals surface area (Å²) in [4.78, 5) is 57.8. The normalized spacial score (nSPS) is 13.5. The van der Waals surface area contributed by atoms with Gasteiger partial charge in [0.2, 0.25) is 5.82 Å². The highest BCUT2D eigenvalue weighted by atomic mass is 19.2. The van der Waals surface area contributed by atoms with E-state index in [4.69, 9.17) is 10.5 Å². The third kappa shape index (κ3) is 6.86. The zero-order valence-corrected chi connectivity index (χ0v) is 25.3. The van der Waals surface area contributed by atoms with E-state index in [-0.39, 0.29) is 52.2 Å². The molecule has 2 aromatic carbocycles. The zero-order valence-electron chi connectivity index (χ0n) is 25.3. The predicted molar refractivity (Wildman–Crippen MR) is 158 cm³/mol. The third-order valence-electron chi connectivity index (χ3n) is 7.52. The number of nitrogens with one attached hydrogen (secondary N) is 1. The Bertz CT molecular complexity index is 1610. The number of carbonyl (C=O) groups excluding carboxylic acids is 4. The lowest BCUT2D eigenvalue weighted by molar-refractivity contribution is -0.874. The molecule has 44 heavy (non-hydrogen) atoms. The van der Waals surface area contributed by atoms with E-state index in [9.17, 15) is 28.0 Å². The van der Waals surface area contributed by atoms with E-state index in [0.717, 1.165) is 0 Å². The van der Waals surface area contributed by atoms with Crippen molar-refractivity contribution in [3.8, 4) is 17.0 Å². The van der Waals surface area contributed by atoms with Gasteiger partial charge in [-0.05, 0) is 42.8 Å². The van der Waals surface area contributed by atoms with Crippen molar-refractivity contribution in [3.63, 3.8) is 0 Å². The second-order valence-corrected chi connectivity index (χ2v) is 11.3. The number of rotatable bonds is 9. The number of ether oxygens (including phenoxy) is 1. The summed E-state index contributed by atoms with van der Waals surface area (Å²) >= 11 is 0. The number of primary amides is 1. The number of amides is 4. The average molecular weight is 613 g/mol. The molecule has 1 fully saturated rings. The van der Waals surface area contributed by atoms with Gasteiger partial charge in [-0.3, -0.25) is 19.2 Å². The number of carbonyl (C=O) groups is 4. The lowest BCUT2D eigenvalue weighted by Gasteiger charge is -2.37. The van der Waals surface area contributed by atoms with Crippen LogP contribution in [0.4, 0.5) is 14.5 Å². The van der Waals surface area contributed by atoms with E-state index >= 15 is 0 Å². The van der Waals surface area contributed by atoms with Crippen LogP contribution in [0.3, 0.4) is 0 Å². The first-order valence-electron chi connectivity index (χ1n) is 13.9. The molecule has 2 heterocycles. The molecule has 0 aliphatic carbocycles. The maximum atomic E-state index is 14.6. The number of imidazole rings is 1. The molecule has 1 aromatic heterocycles. The molecule has 0 atom stereocenters. The number of halogens is 2. The SMILES string of the molecule is COc1ccc(-c2cnc(C(=O)Nc3ccc(C(=O)N4CCN(C(=O)C[N+](C)(C)CC(N)=O)CC4)c(C)c3)n2C)c(F)c1F. The Morgan fingerprint density at radius 1 is 1.00 bits per heavy atom. The van der Waals surface area contributed by atoms with E-state index in [1.807, 2.05) is 0 Å². The Balaban J connectivity index is 1.39. The Labute approximate surface area is 253 Å². The number of methoxy groups -OCH3 is 1. The van der Waals surface area contributed by atoms with Gasteiger partial charge in [0.05, 0.1) is 33.1 Å². The van der Waals surface area contributed by atoms with Crippen LogP contribution in [-0.2, 0) is 16.6 Å². The van der Waals surface area contributed by atoms with Gasteiger partial charge in [-0.2, -0.15) is 4.39 Å². The summed E-state index contributed by atoms with van der Waals surface area (Å²) < 4.78 is 35.2. The molecule has 0 unspecified atom stereocenters. The number of likely N-dealkylation sites (N-methyl/N-ethyl adjacent to an activating group) is 1. The van der Waals surface area contributed by atoms with E-state index in [1.54, 1.807) is 49.0 Å². The largest absolute Gasteiger partial charge is 0.494 e. The van der Waals surface area contributed by atoms with Gasteiger partial charge in [-0.15, -0.1) is 0 Å². The molecule has 0 spiro atoms. The zero-order chi connectivity index (χ0) is 32.3. The van der Waals surface area contributed by atoms with E-state index in [1.165, 1.54) is 37.1 Å². The van der Waals surface area contributed by atoms with Gasteiger partial charge in [0.15, 0.2) is 30.5 Å².